The normalized spacial score (nSPS) is 21.7. The van der Waals surface area contributed by atoms with Gasteiger partial charge in [-0.3, -0.25) is 4.79 Å². The zero-order chi connectivity index (χ0) is 17.4. The summed E-state index contributed by atoms with van der Waals surface area (Å²) < 4.78 is 27.4. The molecule has 8 nitrogen and oxygen atoms in total. The minimum atomic E-state index is -3.60. The molecule has 0 aromatic carbocycles. The number of fused-ring (bicyclic) bond motifs is 1. The average Bonchev–Trinajstić information content (AvgIpc) is 3.31. The first-order valence-electron chi connectivity index (χ1n) is 8.49. The number of carbonyl (C=O) groups excluding carboxylic acids is 1. The molecule has 2 aliphatic heterocycles. The molecule has 2 aromatic heterocycles. The number of H-pyrrole nitrogens is 1. The molecule has 2 aliphatic rings. The van der Waals surface area contributed by atoms with Gasteiger partial charge in [-0.2, -0.15) is 4.31 Å². The van der Waals surface area contributed by atoms with Gasteiger partial charge in [-0.25, -0.2) is 13.4 Å². The molecule has 142 valence electrons. The van der Waals surface area contributed by atoms with Crippen molar-refractivity contribution >= 4 is 39.4 Å². The number of hydrogen-bond acceptors (Lipinski definition) is 5. The zero-order valence-electron chi connectivity index (χ0n) is 14.2. The van der Waals surface area contributed by atoms with E-state index in [-0.39, 0.29) is 29.1 Å². The van der Waals surface area contributed by atoms with Crippen LogP contribution in [0, 0.1) is 5.92 Å². The van der Waals surface area contributed by atoms with Gasteiger partial charge in [0.05, 0.1) is 5.92 Å². The first-order valence-corrected chi connectivity index (χ1v) is 9.93. The fourth-order valence-electron chi connectivity index (χ4n) is 3.56. The van der Waals surface area contributed by atoms with Crippen molar-refractivity contribution in [2.75, 3.05) is 39.3 Å². The average molecular weight is 400 g/mol. The van der Waals surface area contributed by atoms with Gasteiger partial charge in [-0.1, -0.05) is 0 Å². The van der Waals surface area contributed by atoms with Crippen molar-refractivity contribution in [3.05, 3.63) is 24.5 Å². The maximum Gasteiger partial charge on any atom is 0.245 e. The number of rotatable bonds is 3. The van der Waals surface area contributed by atoms with Crippen molar-refractivity contribution in [3.63, 3.8) is 0 Å². The Bertz CT molecular complexity index is 886. The minimum absolute atomic E-state index is 0. The first-order chi connectivity index (χ1) is 12.1. The number of nitrogens with zero attached hydrogens (tertiary/aromatic N) is 3. The molecule has 2 fully saturated rings. The van der Waals surface area contributed by atoms with Crippen LogP contribution in [0.3, 0.4) is 0 Å². The molecule has 1 amide bonds. The van der Waals surface area contributed by atoms with E-state index in [9.17, 15) is 13.2 Å². The number of halogens is 1. The third-order valence-electron chi connectivity index (χ3n) is 4.99. The van der Waals surface area contributed by atoms with Crippen molar-refractivity contribution < 1.29 is 13.2 Å². The highest BCUT2D eigenvalue weighted by Gasteiger charge is 2.34. The third-order valence-corrected chi connectivity index (χ3v) is 6.93. The van der Waals surface area contributed by atoms with E-state index in [1.165, 1.54) is 10.5 Å². The van der Waals surface area contributed by atoms with E-state index < -0.39 is 10.0 Å². The molecule has 2 N–H and O–H groups in total. The molecule has 10 heteroatoms. The van der Waals surface area contributed by atoms with Crippen molar-refractivity contribution in [3.8, 4) is 0 Å². The predicted molar refractivity (Wildman–Crippen MR) is 99.7 cm³/mol. The summed E-state index contributed by atoms with van der Waals surface area (Å²) in [5.41, 5.74) is 0.559. The molecule has 26 heavy (non-hydrogen) atoms. The zero-order valence-corrected chi connectivity index (χ0v) is 15.9. The second-order valence-corrected chi connectivity index (χ2v) is 8.38. The molecule has 0 aliphatic carbocycles. The van der Waals surface area contributed by atoms with Gasteiger partial charge in [-0.15, -0.1) is 12.4 Å². The van der Waals surface area contributed by atoms with Gasteiger partial charge in [0, 0.05) is 50.5 Å². The van der Waals surface area contributed by atoms with Gasteiger partial charge < -0.3 is 15.2 Å². The van der Waals surface area contributed by atoms with Gasteiger partial charge in [0.25, 0.3) is 0 Å². The maximum atomic E-state index is 13.0. The monoisotopic (exact) mass is 399 g/mol. The summed E-state index contributed by atoms with van der Waals surface area (Å²) in [5.74, 6) is 0.168. The van der Waals surface area contributed by atoms with Gasteiger partial charge in [0.2, 0.25) is 15.9 Å². The molecular formula is C16H22ClN5O3S. The van der Waals surface area contributed by atoms with E-state index in [1.807, 2.05) is 0 Å². The van der Waals surface area contributed by atoms with Crippen LogP contribution in [0.1, 0.15) is 6.42 Å². The smallest absolute Gasteiger partial charge is 0.245 e. The largest absolute Gasteiger partial charge is 0.345 e. The summed E-state index contributed by atoms with van der Waals surface area (Å²) in [6, 6.07) is 3.47. The quantitative estimate of drug-likeness (QED) is 0.779. The summed E-state index contributed by atoms with van der Waals surface area (Å²) in [4.78, 5) is 21.6. The summed E-state index contributed by atoms with van der Waals surface area (Å²) in [6.45, 7) is 3.12. The molecular weight excluding hydrogens is 378 g/mol. The number of sulfonamides is 1. The highest BCUT2D eigenvalue weighted by Crippen LogP contribution is 2.25. The van der Waals surface area contributed by atoms with Crippen molar-refractivity contribution in [1.82, 2.24) is 24.5 Å². The van der Waals surface area contributed by atoms with Gasteiger partial charge >= 0.3 is 0 Å². The molecule has 4 heterocycles. The summed E-state index contributed by atoms with van der Waals surface area (Å²) in [6.07, 6.45) is 3.98. The number of aromatic nitrogens is 2. The Morgan fingerprint density at radius 3 is 2.69 bits per heavy atom. The fourth-order valence-corrected chi connectivity index (χ4v) is 5.13. The molecule has 4 rings (SSSR count). The molecule has 0 saturated carbocycles. The van der Waals surface area contributed by atoms with Crippen LogP contribution in [0.25, 0.3) is 11.0 Å². The van der Waals surface area contributed by atoms with Gasteiger partial charge in [0.15, 0.2) is 0 Å². The Labute approximate surface area is 158 Å². The van der Waals surface area contributed by atoms with Crippen LogP contribution < -0.4 is 5.32 Å². The van der Waals surface area contributed by atoms with Crippen LogP contribution >= 0.6 is 12.4 Å². The number of amides is 1. The summed E-state index contributed by atoms with van der Waals surface area (Å²) >= 11 is 0. The molecule has 2 aromatic rings. The predicted octanol–water partition coefficient (Wildman–Crippen LogP) is 0.427. The summed E-state index contributed by atoms with van der Waals surface area (Å²) in [7, 11) is -3.60. The van der Waals surface area contributed by atoms with Gasteiger partial charge in [-0.05, 0) is 25.1 Å². The Hall–Kier alpha value is -1.68. The number of carbonyl (C=O) groups is 1. The lowest BCUT2D eigenvalue weighted by atomic mass is 10.1. The fraction of sp³-hybridized carbons (Fsp3) is 0.500. The van der Waals surface area contributed by atoms with E-state index in [2.05, 4.69) is 15.3 Å². The molecule has 0 radical (unpaired) electrons. The first kappa shape index (κ1) is 19.1. The van der Waals surface area contributed by atoms with Crippen LogP contribution in [-0.4, -0.2) is 72.8 Å². The Kier molecular flexibility index (Phi) is 5.52. The van der Waals surface area contributed by atoms with Crippen LogP contribution in [0.2, 0.25) is 0 Å². The van der Waals surface area contributed by atoms with Crippen LogP contribution in [0.5, 0.6) is 0 Å². The summed E-state index contributed by atoms with van der Waals surface area (Å²) in [5, 5.41) is 3.79. The Morgan fingerprint density at radius 2 is 2.00 bits per heavy atom. The van der Waals surface area contributed by atoms with Crippen molar-refractivity contribution in [2.24, 2.45) is 5.92 Å². The SMILES string of the molecule is Cl.O=C(C1CCNC1)N1CCN(S(=O)(=O)c2c[nH]c3ncccc23)CC1. The number of nitrogens with one attached hydrogen (secondary N) is 2. The van der Waals surface area contributed by atoms with Crippen LogP contribution in [0.4, 0.5) is 0 Å². The van der Waals surface area contributed by atoms with Crippen LogP contribution in [-0.2, 0) is 14.8 Å². The minimum Gasteiger partial charge on any atom is -0.345 e. The molecule has 2 saturated heterocycles. The lowest BCUT2D eigenvalue weighted by Gasteiger charge is -2.35. The molecule has 0 spiro atoms. The van der Waals surface area contributed by atoms with Crippen molar-refractivity contribution in [1.29, 1.82) is 0 Å². The van der Waals surface area contributed by atoms with E-state index in [1.54, 1.807) is 23.2 Å². The Balaban J connectivity index is 0.00000196. The lowest BCUT2D eigenvalue weighted by Crippen LogP contribution is -2.52. The molecule has 1 unspecified atom stereocenters. The highest BCUT2D eigenvalue weighted by molar-refractivity contribution is 7.89. The maximum absolute atomic E-state index is 13.0. The second-order valence-electron chi connectivity index (χ2n) is 6.47. The van der Waals surface area contributed by atoms with E-state index in [4.69, 9.17) is 0 Å². The Morgan fingerprint density at radius 1 is 1.23 bits per heavy atom. The molecule has 1 atom stereocenters. The standard InChI is InChI=1S/C16H21N5O3S.ClH/c22-16(12-3-5-17-10-12)20-6-8-21(9-7-20)25(23,24)14-11-19-15-13(14)2-1-4-18-15;/h1-2,4,11-12,17H,3,5-10H2,(H,18,19);1H. The lowest BCUT2D eigenvalue weighted by molar-refractivity contribution is -0.136. The topological polar surface area (TPSA) is 98.4 Å². The number of piperazine rings is 1. The van der Waals surface area contributed by atoms with E-state index >= 15 is 0 Å². The number of pyridine rings is 1. The van der Waals surface area contributed by atoms with E-state index in [0.29, 0.717) is 37.2 Å². The second kappa shape index (κ2) is 7.51. The van der Waals surface area contributed by atoms with Gasteiger partial charge in [0.1, 0.15) is 10.5 Å². The third kappa shape index (κ3) is 3.32. The molecule has 0 bridgehead atoms. The highest BCUT2D eigenvalue weighted by atomic mass is 35.5. The van der Waals surface area contributed by atoms with Crippen LogP contribution in [0.15, 0.2) is 29.4 Å². The van der Waals surface area contributed by atoms with Crippen molar-refractivity contribution in [2.45, 2.75) is 11.3 Å². The number of aromatic amines is 1. The van der Waals surface area contributed by atoms with E-state index in [0.717, 1.165) is 19.5 Å². The number of hydrogen-bond donors (Lipinski definition) is 2.